The Kier molecular flexibility index (Phi) is 4.02. The molecule has 1 aliphatic rings. The van der Waals surface area contributed by atoms with E-state index in [1.807, 2.05) is 13.8 Å². The zero-order valence-corrected chi connectivity index (χ0v) is 12.0. The average Bonchev–Trinajstić information content (AvgIpc) is 2.34. The van der Waals surface area contributed by atoms with Gasteiger partial charge in [0.05, 0.1) is 18.3 Å². The van der Waals surface area contributed by atoms with Gasteiger partial charge in [-0.05, 0) is 41.4 Å². The fraction of sp³-hybridized carbons (Fsp3) is 0.462. The molecule has 0 bridgehead atoms. The highest BCUT2D eigenvalue weighted by molar-refractivity contribution is 9.10. The molecule has 18 heavy (non-hydrogen) atoms. The Morgan fingerprint density at radius 3 is 2.94 bits per heavy atom. The van der Waals surface area contributed by atoms with Crippen molar-refractivity contribution >= 4 is 21.8 Å². The molecule has 98 valence electrons. The Hall–Kier alpha value is -0.940. The van der Waals surface area contributed by atoms with Gasteiger partial charge in [-0.2, -0.15) is 0 Å². The standard InChI is InChI=1S/C13H15BrFNO2/c1-8-3-4-10(15)11(12(8)14)13(17)16-5-6-18-9(2)7-16/h3-4,9H,5-7H2,1-2H3/t9-/m1/s1. The van der Waals surface area contributed by atoms with Gasteiger partial charge in [-0.15, -0.1) is 0 Å². The summed E-state index contributed by atoms with van der Waals surface area (Å²) in [6.07, 6.45) is -0.00524. The minimum atomic E-state index is -0.489. The van der Waals surface area contributed by atoms with E-state index in [9.17, 15) is 9.18 Å². The number of hydrogen-bond donors (Lipinski definition) is 0. The van der Waals surface area contributed by atoms with Crippen molar-refractivity contribution in [1.29, 1.82) is 0 Å². The summed E-state index contributed by atoms with van der Waals surface area (Å²) in [6, 6.07) is 2.98. The van der Waals surface area contributed by atoms with Crippen LogP contribution in [0, 0.1) is 12.7 Å². The Morgan fingerprint density at radius 1 is 1.56 bits per heavy atom. The monoisotopic (exact) mass is 315 g/mol. The summed E-state index contributed by atoms with van der Waals surface area (Å²) in [7, 11) is 0. The van der Waals surface area contributed by atoms with E-state index in [0.29, 0.717) is 24.2 Å². The molecule has 0 spiro atoms. The topological polar surface area (TPSA) is 29.5 Å². The number of carbonyl (C=O) groups excluding carboxylic acids is 1. The van der Waals surface area contributed by atoms with Crippen molar-refractivity contribution in [1.82, 2.24) is 4.90 Å². The third kappa shape index (κ3) is 2.57. The molecule has 1 amide bonds. The van der Waals surface area contributed by atoms with Gasteiger partial charge in [0.1, 0.15) is 5.82 Å². The lowest BCUT2D eigenvalue weighted by Crippen LogP contribution is -2.44. The van der Waals surface area contributed by atoms with Crippen molar-refractivity contribution in [2.45, 2.75) is 20.0 Å². The van der Waals surface area contributed by atoms with E-state index in [0.717, 1.165) is 5.56 Å². The molecule has 1 aliphatic heterocycles. The highest BCUT2D eigenvalue weighted by atomic mass is 79.9. The molecule has 1 atom stereocenters. The molecule has 0 radical (unpaired) electrons. The van der Waals surface area contributed by atoms with Crippen LogP contribution in [-0.2, 0) is 4.74 Å². The van der Waals surface area contributed by atoms with E-state index in [1.165, 1.54) is 6.07 Å². The van der Waals surface area contributed by atoms with Crippen LogP contribution < -0.4 is 0 Å². The molecule has 3 nitrogen and oxygen atoms in total. The third-order valence-corrected chi connectivity index (χ3v) is 4.05. The number of rotatable bonds is 1. The second-order valence-electron chi connectivity index (χ2n) is 4.49. The molecule has 1 fully saturated rings. The van der Waals surface area contributed by atoms with Crippen LogP contribution in [0.25, 0.3) is 0 Å². The molecule has 5 heteroatoms. The van der Waals surface area contributed by atoms with Gasteiger partial charge in [0.15, 0.2) is 0 Å². The minimum Gasteiger partial charge on any atom is -0.375 e. The Morgan fingerprint density at radius 2 is 2.28 bits per heavy atom. The maximum atomic E-state index is 13.8. The van der Waals surface area contributed by atoms with E-state index in [2.05, 4.69) is 15.9 Å². The predicted octanol–water partition coefficient (Wildman–Crippen LogP) is 2.76. The first-order chi connectivity index (χ1) is 8.50. The number of benzene rings is 1. The summed E-state index contributed by atoms with van der Waals surface area (Å²) in [5, 5.41) is 0. The number of nitrogens with zero attached hydrogens (tertiary/aromatic N) is 1. The van der Waals surface area contributed by atoms with E-state index in [1.54, 1.807) is 11.0 Å². The van der Waals surface area contributed by atoms with E-state index in [4.69, 9.17) is 4.74 Å². The van der Waals surface area contributed by atoms with Gasteiger partial charge in [-0.25, -0.2) is 4.39 Å². The first kappa shape index (κ1) is 13.5. The zero-order valence-electron chi connectivity index (χ0n) is 10.4. The van der Waals surface area contributed by atoms with Gasteiger partial charge >= 0.3 is 0 Å². The average molecular weight is 316 g/mol. The van der Waals surface area contributed by atoms with Crippen LogP contribution >= 0.6 is 15.9 Å². The van der Waals surface area contributed by atoms with Crippen LogP contribution in [0.2, 0.25) is 0 Å². The molecule has 0 aliphatic carbocycles. The highest BCUT2D eigenvalue weighted by Gasteiger charge is 2.26. The molecule has 2 rings (SSSR count). The van der Waals surface area contributed by atoms with Crippen LogP contribution in [0.3, 0.4) is 0 Å². The van der Waals surface area contributed by atoms with Crippen LogP contribution in [0.5, 0.6) is 0 Å². The van der Waals surface area contributed by atoms with Crippen LogP contribution in [0.15, 0.2) is 16.6 Å². The van der Waals surface area contributed by atoms with E-state index >= 15 is 0 Å². The number of aryl methyl sites for hydroxylation is 1. The molecular formula is C13H15BrFNO2. The SMILES string of the molecule is Cc1ccc(F)c(C(=O)N2CCO[C@H](C)C2)c1Br. The number of ether oxygens (including phenoxy) is 1. The number of carbonyl (C=O) groups is 1. The quantitative estimate of drug-likeness (QED) is 0.797. The number of amides is 1. The van der Waals surface area contributed by atoms with E-state index in [-0.39, 0.29) is 17.6 Å². The molecule has 0 N–H and O–H groups in total. The Bertz CT molecular complexity index is 478. The second-order valence-corrected chi connectivity index (χ2v) is 5.28. The Labute approximate surface area is 114 Å². The van der Waals surface area contributed by atoms with Crippen LogP contribution in [0.4, 0.5) is 4.39 Å². The maximum absolute atomic E-state index is 13.8. The van der Waals surface area contributed by atoms with Crippen molar-refractivity contribution in [2.24, 2.45) is 0 Å². The lowest BCUT2D eigenvalue weighted by molar-refractivity contribution is -0.0126. The third-order valence-electron chi connectivity index (χ3n) is 3.03. The Balaban J connectivity index is 2.31. The van der Waals surface area contributed by atoms with Crippen molar-refractivity contribution in [3.8, 4) is 0 Å². The molecule has 1 heterocycles. The zero-order chi connectivity index (χ0) is 13.3. The first-order valence-electron chi connectivity index (χ1n) is 5.86. The van der Waals surface area contributed by atoms with Gasteiger partial charge in [0.2, 0.25) is 0 Å². The summed E-state index contributed by atoms with van der Waals surface area (Å²) >= 11 is 3.29. The van der Waals surface area contributed by atoms with Crippen LogP contribution in [0.1, 0.15) is 22.8 Å². The largest absolute Gasteiger partial charge is 0.375 e. The fourth-order valence-electron chi connectivity index (χ4n) is 2.01. The highest BCUT2D eigenvalue weighted by Crippen LogP contribution is 2.26. The number of hydrogen-bond acceptors (Lipinski definition) is 2. The second kappa shape index (κ2) is 5.36. The summed E-state index contributed by atoms with van der Waals surface area (Å²) in [6.45, 7) is 5.24. The first-order valence-corrected chi connectivity index (χ1v) is 6.65. The number of halogens is 2. The summed E-state index contributed by atoms with van der Waals surface area (Å²) in [5.41, 5.74) is 0.963. The lowest BCUT2D eigenvalue weighted by Gasteiger charge is -2.31. The van der Waals surface area contributed by atoms with Crippen molar-refractivity contribution in [2.75, 3.05) is 19.7 Å². The summed E-state index contributed by atoms with van der Waals surface area (Å²) in [5.74, 6) is -0.769. The minimum absolute atomic E-state index is 0.00524. The molecule has 0 unspecified atom stereocenters. The van der Waals surface area contributed by atoms with Gasteiger partial charge in [-0.3, -0.25) is 4.79 Å². The van der Waals surface area contributed by atoms with Crippen molar-refractivity contribution in [3.05, 3.63) is 33.5 Å². The number of morpholine rings is 1. The van der Waals surface area contributed by atoms with Crippen LogP contribution in [-0.4, -0.2) is 36.6 Å². The van der Waals surface area contributed by atoms with E-state index < -0.39 is 5.82 Å². The van der Waals surface area contributed by atoms with Gasteiger partial charge in [0.25, 0.3) is 5.91 Å². The summed E-state index contributed by atoms with van der Waals surface area (Å²) < 4.78 is 19.7. The fourth-order valence-corrected chi connectivity index (χ4v) is 2.50. The molecule has 0 aromatic heterocycles. The van der Waals surface area contributed by atoms with Gasteiger partial charge < -0.3 is 9.64 Å². The summed E-state index contributed by atoms with van der Waals surface area (Å²) in [4.78, 5) is 14.0. The normalized spacial score (nSPS) is 20.0. The lowest BCUT2D eigenvalue weighted by atomic mass is 10.1. The molecule has 1 aromatic rings. The van der Waals surface area contributed by atoms with Crippen molar-refractivity contribution < 1.29 is 13.9 Å². The van der Waals surface area contributed by atoms with Gasteiger partial charge in [0, 0.05) is 17.6 Å². The molecule has 0 saturated carbocycles. The molecule has 1 saturated heterocycles. The predicted molar refractivity (Wildman–Crippen MR) is 70.2 cm³/mol. The molecular weight excluding hydrogens is 301 g/mol. The molecule has 1 aromatic carbocycles. The van der Waals surface area contributed by atoms with Crippen molar-refractivity contribution in [3.63, 3.8) is 0 Å². The van der Waals surface area contributed by atoms with Gasteiger partial charge in [-0.1, -0.05) is 6.07 Å². The maximum Gasteiger partial charge on any atom is 0.258 e. The smallest absolute Gasteiger partial charge is 0.258 e.